The minimum atomic E-state index is -0.147. The predicted molar refractivity (Wildman–Crippen MR) is 124 cm³/mol. The molecule has 2 N–H and O–H groups in total. The van der Waals surface area contributed by atoms with Crippen molar-refractivity contribution < 1.29 is 9.59 Å². The Kier molecular flexibility index (Phi) is 6.50. The summed E-state index contributed by atoms with van der Waals surface area (Å²) < 4.78 is 0. The number of thiazole rings is 1. The van der Waals surface area contributed by atoms with Crippen molar-refractivity contribution in [2.45, 2.75) is 13.0 Å². The molecule has 4 rings (SSSR count). The number of nitrogens with one attached hydrogen (secondary N) is 2. The molecule has 5 nitrogen and oxygen atoms in total. The Morgan fingerprint density at radius 3 is 2.23 bits per heavy atom. The van der Waals surface area contributed by atoms with Crippen LogP contribution in [-0.4, -0.2) is 16.8 Å². The Labute approximate surface area is 184 Å². The molecule has 31 heavy (non-hydrogen) atoms. The van der Waals surface area contributed by atoms with E-state index in [-0.39, 0.29) is 18.2 Å². The third-order valence-corrected chi connectivity index (χ3v) is 5.52. The fourth-order valence-corrected chi connectivity index (χ4v) is 3.84. The van der Waals surface area contributed by atoms with Crippen molar-refractivity contribution in [3.63, 3.8) is 0 Å². The largest absolute Gasteiger partial charge is 0.352 e. The lowest BCUT2D eigenvalue weighted by Gasteiger charge is -2.06. The normalized spacial score (nSPS) is 10.5. The van der Waals surface area contributed by atoms with Crippen LogP contribution >= 0.6 is 11.3 Å². The number of carbonyl (C=O) groups excluding carboxylic acids is 2. The molecule has 1 aromatic heterocycles. The molecule has 0 bridgehead atoms. The van der Waals surface area contributed by atoms with E-state index >= 15 is 0 Å². The monoisotopic (exact) mass is 427 g/mol. The van der Waals surface area contributed by atoms with Crippen LogP contribution in [0, 0.1) is 0 Å². The van der Waals surface area contributed by atoms with Crippen LogP contribution < -0.4 is 10.6 Å². The van der Waals surface area contributed by atoms with E-state index in [2.05, 4.69) is 15.6 Å². The van der Waals surface area contributed by atoms with Gasteiger partial charge in [0.2, 0.25) is 5.91 Å². The Bertz CT molecular complexity index is 1160. The smallest absolute Gasteiger partial charge is 0.255 e. The SMILES string of the molecule is O=C(Cc1nc(-c2ccc(NC(=O)c3ccccc3)cc2)cs1)NCc1ccccc1. The Morgan fingerprint density at radius 1 is 0.839 bits per heavy atom. The van der Waals surface area contributed by atoms with E-state index in [1.54, 1.807) is 12.1 Å². The zero-order chi connectivity index (χ0) is 21.5. The zero-order valence-corrected chi connectivity index (χ0v) is 17.6. The number of amides is 2. The molecule has 0 spiro atoms. The van der Waals surface area contributed by atoms with Gasteiger partial charge in [0.05, 0.1) is 12.1 Å². The average Bonchev–Trinajstić information content (AvgIpc) is 3.28. The van der Waals surface area contributed by atoms with Crippen molar-refractivity contribution in [2.75, 3.05) is 5.32 Å². The highest BCUT2D eigenvalue weighted by Gasteiger charge is 2.10. The maximum atomic E-state index is 12.3. The molecule has 4 aromatic rings. The van der Waals surface area contributed by atoms with Gasteiger partial charge in [0.25, 0.3) is 5.91 Å². The fraction of sp³-hybridized carbons (Fsp3) is 0.0800. The highest BCUT2D eigenvalue weighted by molar-refractivity contribution is 7.10. The molecule has 0 radical (unpaired) electrons. The van der Waals surface area contributed by atoms with Crippen LogP contribution in [0.4, 0.5) is 5.69 Å². The summed E-state index contributed by atoms with van der Waals surface area (Å²) in [5.41, 5.74) is 4.14. The fourth-order valence-electron chi connectivity index (χ4n) is 3.04. The van der Waals surface area contributed by atoms with Crippen LogP contribution in [0.2, 0.25) is 0 Å². The summed E-state index contributed by atoms with van der Waals surface area (Å²) in [5.74, 6) is -0.200. The number of nitrogens with zero attached hydrogens (tertiary/aromatic N) is 1. The van der Waals surface area contributed by atoms with Crippen LogP contribution in [0.1, 0.15) is 20.9 Å². The van der Waals surface area contributed by atoms with E-state index in [0.717, 1.165) is 21.8 Å². The zero-order valence-electron chi connectivity index (χ0n) is 16.7. The first-order chi connectivity index (χ1) is 15.2. The molecule has 0 saturated heterocycles. The molecule has 0 unspecified atom stereocenters. The molecular formula is C25H21N3O2S. The first-order valence-corrected chi connectivity index (χ1v) is 10.8. The molecule has 0 atom stereocenters. The summed E-state index contributed by atoms with van der Waals surface area (Å²) >= 11 is 1.46. The van der Waals surface area contributed by atoms with Crippen LogP contribution in [0.3, 0.4) is 0 Å². The molecule has 0 aliphatic heterocycles. The van der Waals surface area contributed by atoms with E-state index in [4.69, 9.17) is 0 Å². The first-order valence-electron chi connectivity index (χ1n) is 9.89. The Morgan fingerprint density at radius 2 is 1.52 bits per heavy atom. The molecule has 3 aromatic carbocycles. The lowest BCUT2D eigenvalue weighted by molar-refractivity contribution is -0.120. The van der Waals surface area contributed by atoms with Crippen molar-refractivity contribution in [1.29, 1.82) is 0 Å². The van der Waals surface area contributed by atoms with Crippen molar-refractivity contribution >= 4 is 28.8 Å². The molecule has 0 fully saturated rings. The number of rotatable bonds is 7. The minimum absolute atomic E-state index is 0.0521. The lowest BCUT2D eigenvalue weighted by Crippen LogP contribution is -2.24. The average molecular weight is 428 g/mol. The summed E-state index contributed by atoms with van der Waals surface area (Å²) in [6, 6.07) is 26.4. The Balaban J connectivity index is 1.33. The summed E-state index contributed by atoms with van der Waals surface area (Å²) in [6.45, 7) is 0.508. The molecule has 6 heteroatoms. The molecule has 0 aliphatic rings. The van der Waals surface area contributed by atoms with Gasteiger partial charge in [-0.05, 0) is 29.8 Å². The molecule has 0 aliphatic carbocycles. The van der Waals surface area contributed by atoms with Crippen LogP contribution in [0.5, 0.6) is 0 Å². The predicted octanol–water partition coefficient (Wildman–Crippen LogP) is 4.92. The second-order valence-corrected chi connectivity index (χ2v) is 7.91. The third-order valence-electron chi connectivity index (χ3n) is 4.67. The maximum Gasteiger partial charge on any atom is 0.255 e. The molecule has 1 heterocycles. The van der Waals surface area contributed by atoms with Crippen LogP contribution in [-0.2, 0) is 17.8 Å². The van der Waals surface area contributed by atoms with E-state index in [1.807, 2.05) is 78.2 Å². The number of hydrogen-bond acceptors (Lipinski definition) is 4. The maximum absolute atomic E-state index is 12.3. The molecule has 0 saturated carbocycles. The van der Waals surface area contributed by atoms with Crippen molar-refractivity contribution in [3.05, 3.63) is 106 Å². The minimum Gasteiger partial charge on any atom is -0.352 e. The van der Waals surface area contributed by atoms with Gasteiger partial charge in [-0.1, -0.05) is 60.7 Å². The molecular weight excluding hydrogens is 406 g/mol. The van der Waals surface area contributed by atoms with E-state index in [1.165, 1.54) is 11.3 Å². The van der Waals surface area contributed by atoms with Crippen LogP contribution in [0.25, 0.3) is 11.3 Å². The second kappa shape index (κ2) is 9.82. The third kappa shape index (κ3) is 5.65. The van der Waals surface area contributed by atoms with Crippen molar-refractivity contribution in [1.82, 2.24) is 10.3 Å². The van der Waals surface area contributed by atoms with Gasteiger partial charge in [-0.2, -0.15) is 0 Å². The summed E-state index contributed by atoms with van der Waals surface area (Å²) in [6.07, 6.45) is 0.253. The van der Waals surface area contributed by atoms with E-state index < -0.39 is 0 Å². The van der Waals surface area contributed by atoms with Gasteiger partial charge in [0.15, 0.2) is 0 Å². The van der Waals surface area contributed by atoms with Gasteiger partial charge in [0.1, 0.15) is 5.01 Å². The molecule has 2 amide bonds. The Hall–Kier alpha value is -3.77. The highest BCUT2D eigenvalue weighted by atomic mass is 32.1. The number of benzene rings is 3. The number of hydrogen-bond donors (Lipinski definition) is 2. The first kappa shape index (κ1) is 20.5. The van der Waals surface area contributed by atoms with E-state index in [9.17, 15) is 9.59 Å². The lowest BCUT2D eigenvalue weighted by atomic mass is 10.1. The topological polar surface area (TPSA) is 71.1 Å². The quantitative estimate of drug-likeness (QED) is 0.440. The van der Waals surface area contributed by atoms with Gasteiger partial charge < -0.3 is 10.6 Å². The number of aromatic nitrogens is 1. The molecule has 154 valence electrons. The van der Waals surface area contributed by atoms with Gasteiger partial charge in [0, 0.05) is 28.7 Å². The van der Waals surface area contributed by atoms with E-state index in [0.29, 0.717) is 17.8 Å². The second-order valence-electron chi connectivity index (χ2n) is 6.96. The summed E-state index contributed by atoms with van der Waals surface area (Å²) in [4.78, 5) is 29.1. The highest BCUT2D eigenvalue weighted by Crippen LogP contribution is 2.24. The van der Waals surface area contributed by atoms with Gasteiger partial charge >= 0.3 is 0 Å². The van der Waals surface area contributed by atoms with Gasteiger partial charge in [-0.15, -0.1) is 11.3 Å². The summed E-state index contributed by atoms with van der Waals surface area (Å²) in [7, 11) is 0. The van der Waals surface area contributed by atoms with Gasteiger partial charge in [-0.25, -0.2) is 4.98 Å². The number of carbonyl (C=O) groups is 2. The summed E-state index contributed by atoms with van der Waals surface area (Å²) in [5, 5.41) is 8.52. The standard InChI is InChI=1S/C25H21N3O2S/c29-23(26-16-18-7-3-1-4-8-18)15-24-28-22(17-31-24)19-11-13-21(14-12-19)27-25(30)20-9-5-2-6-10-20/h1-14,17H,15-16H2,(H,26,29)(H,27,30). The van der Waals surface area contributed by atoms with Gasteiger partial charge in [-0.3, -0.25) is 9.59 Å². The van der Waals surface area contributed by atoms with Crippen molar-refractivity contribution in [2.24, 2.45) is 0 Å². The van der Waals surface area contributed by atoms with Crippen LogP contribution in [0.15, 0.2) is 90.3 Å². The van der Waals surface area contributed by atoms with Crippen molar-refractivity contribution in [3.8, 4) is 11.3 Å². The number of anilines is 1.